The van der Waals surface area contributed by atoms with Crippen LogP contribution in [0, 0.1) is 0 Å². The summed E-state index contributed by atoms with van der Waals surface area (Å²) in [4.78, 5) is 17.7. The molecule has 1 aliphatic rings. The molecule has 0 aliphatic carbocycles. The molecule has 1 aliphatic heterocycles. The predicted octanol–water partition coefficient (Wildman–Crippen LogP) is 2.92. The fraction of sp³-hybridized carbons (Fsp3) is 0.611. The fourth-order valence-electron chi connectivity index (χ4n) is 3.14. The number of rotatable bonds is 5. The molecular formula is C18H29Cl2N5OS. The summed E-state index contributed by atoms with van der Waals surface area (Å²) < 4.78 is 1.82. The van der Waals surface area contributed by atoms with E-state index in [9.17, 15) is 4.79 Å². The molecule has 1 saturated heterocycles. The Morgan fingerprint density at radius 2 is 2.04 bits per heavy atom. The molecule has 0 radical (unpaired) electrons. The van der Waals surface area contributed by atoms with E-state index < -0.39 is 5.54 Å². The number of thiazole rings is 1. The molecule has 6 nitrogen and oxygen atoms in total. The van der Waals surface area contributed by atoms with Gasteiger partial charge in [-0.05, 0) is 32.0 Å². The van der Waals surface area contributed by atoms with Crippen LogP contribution >= 0.6 is 36.2 Å². The summed E-state index contributed by atoms with van der Waals surface area (Å²) in [6.45, 7) is 8.76. The van der Waals surface area contributed by atoms with E-state index in [-0.39, 0.29) is 36.1 Å². The van der Waals surface area contributed by atoms with E-state index in [2.05, 4.69) is 41.9 Å². The van der Waals surface area contributed by atoms with Crippen molar-refractivity contribution in [3.63, 3.8) is 0 Å². The standard InChI is InChI=1S/C18H27N5OS.2ClH/c1-17(2,3)14-13-25-15(22-14)5-9-20-16(24)18(6-10-19-11-7-18)23-12-4-8-21-23;;/h4,8,12-13,19H,5-7,9-11H2,1-3H3,(H,20,24);2*1H. The molecule has 1 amide bonds. The topological polar surface area (TPSA) is 71.8 Å². The predicted molar refractivity (Wildman–Crippen MR) is 114 cm³/mol. The Kier molecular flexibility index (Phi) is 8.73. The number of halogens is 2. The number of nitrogens with zero attached hydrogens (tertiary/aromatic N) is 3. The minimum Gasteiger partial charge on any atom is -0.354 e. The molecule has 9 heteroatoms. The van der Waals surface area contributed by atoms with Gasteiger partial charge in [-0.25, -0.2) is 4.98 Å². The van der Waals surface area contributed by atoms with Crippen molar-refractivity contribution in [2.45, 2.75) is 51.0 Å². The molecule has 2 aromatic heterocycles. The van der Waals surface area contributed by atoms with Crippen molar-refractivity contribution in [2.24, 2.45) is 0 Å². The number of hydrogen-bond acceptors (Lipinski definition) is 5. The molecule has 152 valence electrons. The number of carbonyl (C=O) groups excluding carboxylic acids is 1. The zero-order valence-electron chi connectivity index (χ0n) is 16.0. The van der Waals surface area contributed by atoms with Gasteiger partial charge < -0.3 is 10.6 Å². The van der Waals surface area contributed by atoms with Crippen molar-refractivity contribution >= 4 is 42.1 Å². The van der Waals surface area contributed by atoms with E-state index in [1.807, 2.05) is 16.9 Å². The molecule has 0 aromatic carbocycles. The normalized spacial score (nSPS) is 16.1. The van der Waals surface area contributed by atoms with E-state index in [0.29, 0.717) is 6.54 Å². The largest absolute Gasteiger partial charge is 0.354 e. The summed E-state index contributed by atoms with van der Waals surface area (Å²) in [7, 11) is 0. The van der Waals surface area contributed by atoms with Gasteiger partial charge in [-0.2, -0.15) is 5.10 Å². The molecule has 27 heavy (non-hydrogen) atoms. The summed E-state index contributed by atoms with van der Waals surface area (Å²) in [6, 6.07) is 1.88. The van der Waals surface area contributed by atoms with E-state index >= 15 is 0 Å². The van der Waals surface area contributed by atoms with E-state index in [4.69, 9.17) is 4.98 Å². The van der Waals surface area contributed by atoms with Crippen molar-refractivity contribution < 1.29 is 4.79 Å². The molecule has 0 unspecified atom stereocenters. The number of hydrogen-bond donors (Lipinski definition) is 2. The monoisotopic (exact) mass is 433 g/mol. The Hall–Kier alpha value is -1.15. The molecule has 3 heterocycles. The lowest BCUT2D eigenvalue weighted by atomic mass is 9.87. The summed E-state index contributed by atoms with van der Waals surface area (Å²) in [5.74, 6) is 0.0605. The maximum absolute atomic E-state index is 13.0. The number of piperidine rings is 1. The van der Waals surface area contributed by atoms with Crippen molar-refractivity contribution in [3.05, 3.63) is 34.5 Å². The van der Waals surface area contributed by atoms with Crippen molar-refractivity contribution in [3.8, 4) is 0 Å². The van der Waals surface area contributed by atoms with Gasteiger partial charge in [0.1, 0.15) is 5.54 Å². The first-order chi connectivity index (χ1) is 11.9. The van der Waals surface area contributed by atoms with Crippen LogP contribution in [-0.2, 0) is 22.2 Å². The average Bonchev–Trinajstić information content (AvgIpc) is 3.27. The number of aromatic nitrogens is 3. The Balaban J connectivity index is 0.00000182. The molecule has 2 N–H and O–H groups in total. The lowest BCUT2D eigenvalue weighted by Gasteiger charge is -2.36. The highest BCUT2D eigenvalue weighted by atomic mass is 35.5. The summed E-state index contributed by atoms with van der Waals surface area (Å²) in [5, 5.41) is 14.0. The van der Waals surface area contributed by atoms with E-state index in [1.54, 1.807) is 17.5 Å². The second-order valence-electron chi connectivity index (χ2n) is 7.61. The second kappa shape index (κ2) is 9.87. The summed E-state index contributed by atoms with van der Waals surface area (Å²) in [6.07, 6.45) is 5.90. The Bertz CT molecular complexity index is 706. The van der Waals surface area contributed by atoms with Gasteiger partial charge in [-0.3, -0.25) is 9.48 Å². The third-order valence-electron chi connectivity index (χ3n) is 4.74. The zero-order valence-corrected chi connectivity index (χ0v) is 18.5. The van der Waals surface area contributed by atoms with Gasteiger partial charge in [-0.15, -0.1) is 36.2 Å². The van der Waals surface area contributed by atoms with Crippen molar-refractivity contribution in [1.82, 2.24) is 25.4 Å². The van der Waals surface area contributed by atoms with Gasteiger partial charge in [0.05, 0.1) is 10.7 Å². The van der Waals surface area contributed by atoms with Gasteiger partial charge in [0, 0.05) is 36.2 Å². The third-order valence-corrected chi connectivity index (χ3v) is 5.65. The smallest absolute Gasteiger partial charge is 0.248 e. The van der Waals surface area contributed by atoms with Crippen LogP contribution in [0.2, 0.25) is 0 Å². The van der Waals surface area contributed by atoms with Crippen LogP contribution in [0.3, 0.4) is 0 Å². The molecule has 0 spiro atoms. The SMILES string of the molecule is CC(C)(C)c1csc(CCNC(=O)C2(n3cccn3)CCNCC2)n1.Cl.Cl. The minimum absolute atomic E-state index is 0. The number of carbonyl (C=O) groups is 1. The first kappa shape index (κ1) is 23.9. The van der Waals surface area contributed by atoms with Crippen LogP contribution < -0.4 is 10.6 Å². The Morgan fingerprint density at radius 3 is 2.59 bits per heavy atom. The first-order valence-electron chi connectivity index (χ1n) is 8.86. The number of amides is 1. The Morgan fingerprint density at radius 1 is 1.33 bits per heavy atom. The molecular weight excluding hydrogens is 405 g/mol. The van der Waals surface area contributed by atoms with Crippen LogP contribution in [0.25, 0.3) is 0 Å². The molecule has 2 aromatic rings. The summed E-state index contributed by atoms with van der Waals surface area (Å²) in [5.41, 5.74) is 0.607. The quantitative estimate of drug-likeness (QED) is 0.759. The van der Waals surface area contributed by atoms with Crippen LogP contribution in [0.15, 0.2) is 23.8 Å². The molecule has 0 atom stereocenters. The van der Waals surface area contributed by atoms with Gasteiger partial charge >= 0.3 is 0 Å². The second-order valence-corrected chi connectivity index (χ2v) is 8.56. The molecule has 0 saturated carbocycles. The van der Waals surface area contributed by atoms with E-state index in [1.165, 1.54) is 0 Å². The van der Waals surface area contributed by atoms with Crippen LogP contribution in [0.4, 0.5) is 0 Å². The lowest BCUT2D eigenvalue weighted by Crippen LogP contribution is -2.54. The average molecular weight is 434 g/mol. The van der Waals surface area contributed by atoms with Crippen LogP contribution in [0.5, 0.6) is 0 Å². The highest BCUT2D eigenvalue weighted by Gasteiger charge is 2.41. The highest BCUT2D eigenvalue weighted by molar-refractivity contribution is 7.09. The van der Waals surface area contributed by atoms with Gasteiger partial charge in [0.2, 0.25) is 5.91 Å². The van der Waals surface area contributed by atoms with Gasteiger partial charge in [-0.1, -0.05) is 20.8 Å². The van der Waals surface area contributed by atoms with E-state index in [0.717, 1.165) is 43.1 Å². The zero-order chi connectivity index (χ0) is 17.9. The van der Waals surface area contributed by atoms with Gasteiger partial charge in [0.15, 0.2) is 0 Å². The highest BCUT2D eigenvalue weighted by Crippen LogP contribution is 2.27. The molecule has 3 rings (SSSR count). The molecule has 1 fully saturated rings. The summed E-state index contributed by atoms with van der Waals surface area (Å²) >= 11 is 1.67. The molecule has 0 bridgehead atoms. The Labute approximate surface area is 177 Å². The van der Waals surface area contributed by atoms with Crippen molar-refractivity contribution in [1.29, 1.82) is 0 Å². The van der Waals surface area contributed by atoms with Gasteiger partial charge in [0.25, 0.3) is 0 Å². The maximum atomic E-state index is 13.0. The third kappa shape index (κ3) is 5.44. The first-order valence-corrected chi connectivity index (χ1v) is 9.74. The minimum atomic E-state index is -0.575. The fourth-order valence-corrected chi connectivity index (χ4v) is 4.17. The van der Waals surface area contributed by atoms with Crippen molar-refractivity contribution in [2.75, 3.05) is 19.6 Å². The maximum Gasteiger partial charge on any atom is 0.248 e. The van der Waals surface area contributed by atoms with Crippen LogP contribution in [0.1, 0.15) is 44.3 Å². The van der Waals surface area contributed by atoms with Crippen LogP contribution in [-0.4, -0.2) is 40.3 Å². The number of nitrogens with one attached hydrogen (secondary N) is 2. The lowest BCUT2D eigenvalue weighted by molar-refractivity contribution is -0.131.